The van der Waals surface area contributed by atoms with Gasteiger partial charge in [0.1, 0.15) is 17.2 Å². The molecule has 0 radical (unpaired) electrons. The molecule has 7 nitrogen and oxygen atoms in total. The zero-order valence-electron chi connectivity index (χ0n) is 15.3. The molecule has 1 N–H and O–H groups in total. The summed E-state index contributed by atoms with van der Waals surface area (Å²) < 4.78 is 2.74. The number of quaternary nitrogens is 1. The van der Waals surface area contributed by atoms with Gasteiger partial charge in [-0.3, -0.25) is 4.79 Å². The molecule has 0 amide bonds. The van der Waals surface area contributed by atoms with E-state index >= 15 is 0 Å². The van der Waals surface area contributed by atoms with Gasteiger partial charge in [0.2, 0.25) is 5.78 Å². The Hall–Kier alpha value is -2.64. The molecule has 1 fully saturated rings. The molecule has 1 aliphatic carbocycles. The fraction of sp³-hybridized carbons (Fsp3) is 0.316. The number of rotatable bonds is 2. The first-order valence-electron chi connectivity index (χ1n) is 8.80. The van der Waals surface area contributed by atoms with Gasteiger partial charge in [-0.05, 0) is 18.2 Å². The van der Waals surface area contributed by atoms with Gasteiger partial charge in [-0.2, -0.15) is 0 Å². The van der Waals surface area contributed by atoms with Crippen molar-refractivity contribution in [3.63, 3.8) is 0 Å². The Morgan fingerprint density at radius 2 is 1.96 bits per heavy atom. The smallest absolute Gasteiger partial charge is 0.207 e. The number of allylic oxidation sites excluding steroid dienone is 3. The Balaban J connectivity index is 1.80. The second kappa shape index (κ2) is 6.51. The molecule has 0 bridgehead atoms. The molecule has 2 aromatic rings. The van der Waals surface area contributed by atoms with Crippen LogP contribution in [0.1, 0.15) is 0 Å². The fourth-order valence-corrected chi connectivity index (χ4v) is 3.41. The van der Waals surface area contributed by atoms with E-state index in [-0.39, 0.29) is 22.3 Å². The van der Waals surface area contributed by atoms with Crippen LogP contribution in [0.5, 0.6) is 0 Å². The van der Waals surface area contributed by atoms with E-state index in [1.165, 1.54) is 6.08 Å². The molecular weight excluding hydrogens is 366 g/mol. The molecule has 0 saturated carbocycles. The number of aliphatic hydroxyl groups excluding tert-OH is 1. The summed E-state index contributed by atoms with van der Waals surface area (Å²) in [5.41, 5.74) is 1.64. The van der Waals surface area contributed by atoms with E-state index in [4.69, 9.17) is 16.7 Å². The third kappa shape index (κ3) is 3.36. The lowest BCUT2D eigenvalue weighted by Gasteiger charge is -2.39. The lowest BCUT2D eigenvalue weighted by molar-refractivity contribution is -0.890. The van der Waals surface area contributed by atoms with Gasteiger partial charge in [0.05, 0.1) is 50.8 Å². The van der Waals surface area contributed by atoms with Gasteiger partial charge in [0.15, 0.2) is 5.82 Å². The first kappa shape index (κ1) is 17.8. The lowest BCUT2D eigenvalue weighted by Crippen LogP contribution is -2.55. The number of ketones is 1. The largest absolute Gasteiger partial charge is 0.506 e. The number of aliphatic hydroxyl groups is 1. The van der Waals surface area contributed by atoms with Crippen molar-refractivity contribution in [1.82, 2.24) is 9.61 Å². The maximum absolute atomic E-state index is 12.3. The van der Waals surface area contributed by atoms with E-state index < -0.39 is 0 Å². The van der Waals surface area contributed by atoms with Crippen molar-refractivity contribution in [2.75, 3.05) is 45.2 Å². The molecule has 0 atom stereocenters. The van der Waals surface area contributed by atoms with E-state index in [1.807, 2.05) is 24.4 Å². The van der Waals surface area contributed by atoms with Crippen LogP contribution < -0.4 is 4.90 Å². The number of piperazine rings is 1. The predicted molar refractivity (Wildman–Crippen MR) is 106 cm³/mol. The van der Waals surface area contributed by atoms with E-state index in [0.717, 1.165) is 48.1 Å². The molecule has 0 unspecified atom stereocenters. The number of halogens is 1. The lowest BCUT2D eigenvalue weighted by atomic mass is 10.1. The minimum atomic E-state index is -0.380. The molecule has 0 aromatic carbocycles. The number of hydrogen-bond donors (Lipinski definition) is 1. The molecule has 2 aliphatic rings. The molecular formula is C19H21ClN5O2+. The highest BCUT2D eigenvalue weighted by Gasteiger charge is 2.29. The molecule has 8 heteroatoms. The molecule has 0 spiro atoms. The quantitative estimate of drug-likeness (QED) is 0.635. The molecule has 3 heterocycles. The molecule has 1 aliphatic heterocycles. The maximum atomic E-state index is 12.3. The number of pyridine rings is 1. The highest BCUT2D eigenvalue weighted by molar-refractivity contribution is 6.52. The first-order chi connectivity index (χ1) is 12.8. The Bertz CT molecular complexity index is 1010. The fourth-order valence-electron chi connectivity index (χ4n) is 3.25. The zero-order chi connectivity index (χ0) is 19.2. The summed E-state index contributed by atoms with van der Waals surface area (Å²) in [4.78, 5) is 19.1. The number of fused-ring (bicyclic) bond motifs is 1. The molecule has 140 valence electrons. The highest BCUT2D eigenvalue weighted by Crippen LogP contribution is 2.34. The van der Waals surface area contributed by atoms with Crippen molar-refractivity contribution in [3.8, 4) is 0 Å². The third-order valence-corrected chi connectivity index (χ3v) is 5.31. The van der Waals surface area contributed by atoms with Crippen molar-refractivity contribution in [1.29, 1.82) is 0 Å². The van der Waals surface area contributed by atoms with Crippen LogP contribution in [0.25, 0.3) is 5.52 Å². The summed E-state index contributed by atoms with van der Waals surface area (Å²) in [6.45, 7) is 3.73. The summed E-state index contributed by atoms with van der Waals surface area (Å²) in [6.07, 6.45) is 4.35. The van der Waals surface area contributed by atoms with Gasteiger partial charge in [-0.15, -0.1) is 5.10 Å². The van der Waals surface area contributed by atoms with Crippen LogP contribution in [0.15, 0.2) is 52.3 Å². The number of aliphatic imine (C=N–C) groups is 1. The van der Waals surface area contributed by atoms with Crippen LogP contribution in [0.2, 0.25) is 0 Å². The minimum absolute atomic E-state index is 0.100. The topological polar surface area (TPSA) is 70.2 Å². The Kier molecular flexibility index (Phi) is 4.28. The van der Waals surface area contributed by atoms with Gasteiger partial charge < -0.3 is 14.5 Å². The standard InChI is InChI=1S/C19H20ClN5O2/c1-25(2)9-7-23(8-10-25)19-18(15-5-3-4-6-24(15)22-19)21-14-11-13(20)16(26)12-17(14)27/h3-6,11-12H,7-10H2,1-2H3/p+1. The van der Waals surface area contributed by atoms with Gasteiger partial charge in [-0.1, -0.05) is 17.7 Å². The molecule has 2 aromatic heterocycles. The van der Waals surface area contributed by atoms with Crippen molar-refractivity contribution in [2.45, 2.75) is 0 Å². The van der Waals surface area contributed by atoms with Crippen molar-refractivity contribution < 1.29 is 14.4 Å². The number of anilines is 1. The average molecular weight is 387 g/mol. The SMILES string of the molecule is C[N+]1(C)CCN(c2nn3ccccc3c2N=C2C=C(Cl)C(O)=CC2=O)CC1. The summed E-state index contributed by atoms with van der Waals surface area (Å²) >= 11 is 5.98. The molecule has 1 saturated heterocycles. The number of nitrogens with zero attached hydrogens (tertiary/aromatic N) is 5. The van der Waals surface area contributed by atoms with Crippen molar-refractivity contribution in [2.24, 2.45) is 4.99 Å². The van der Waals surface area contributed by atoms with Gasteiger partial charge >= 0.3 is 0 Å². The minimum Gasteiger partial charge on any atom is -0.506 e. The van der Waals surface area contributed by atoms with Crippen molar-refractivity contribution in [3.05, 3.63) is 47.3 Å². The van der Waals surface area contributed by atoms with Crippen LogP contribution in [0, 0.1) is 0 Å². The number of likely N-dealkylation sites (N-methyl/N-ethyl adjacent to an activating group) is 1. The summed E-state index contributed by atoms with van der Waals surface area (Å²) in [6, 6.07) is 5.74. The number of carbonyl (C=O) groups is 1. The van der Waals surface area contributed by atoms with Gasteiger partial charge in [0, 0.05) is 12.3 Å². The zero-order valence-corrected chi connectivity index (χ0v) is 16.0. The normalized spacial score (nSPS) is 21.5. The van der Waals surface area contributed by atoms with E-state index in [9.17, 15) is 9.90 Å². The number of aromatic nitrogens is 2. The van der Waals surface area contributed by atoms with Crippen LogP contribution in [-0.4, -0.2) is 71.0 Å². The Morgan fingerprint density at radius 3 is 2.70 bits per heavy atom. The van der Waals surface area contributed by atoms with E-state index in [1.54, 1.807) is 4.52 Å². The maximum Gasteiger partial charge on any atom is 0.207 e. The second-order valence-corrected chi connectivity index (χ2v) is 7.86. The number of carbonyl (C=O) groups excluding carboxylic acids is 1. The number of hydrogen-bond acceptors (Lipinski definition) is 5. The molecule has 27 heavy (non-hydrogen) atoms. The Labute approximate surface area is 162 Å². The van der Waals surface area contributed by atoms with E-state index in [2.05, 4.69) is 24.0 Å². The predicted octanol–water partition coefficient (Wildman–Crippen LogP) is 2.45. The van der Waals surface area contributed by atoms with Gasteiger partial charge in [-0.25, -0.2) is 9.51 Å². The average Bonchev–Trinajstić information content (AvgIpc) is 2.98. The van der Waals surface area contributed by atoms with Crippen LogP contribution in [-0.2, 0) is 4.79 Å². The van der Waals surface area contributed by atoms with Crippen molar-refractivity contribution >= 4 is 40.1 Å². The summed E-state index contributed by atoms with van der Waals surface area (Å²) in [7, 11) is 4.43. The molecule has 4 rings (SSSR count). The van der Waals surface area contributed by atoms with Gasteiger partial charge in [0.25, 0.3) is 0 Å². The van der Waals surface area contributed by atoms with Crippen LogP contribution in [0.3, 0.4) is 0 Å². The Morgan fingerprint density at radius 1 is 1.22 bits per heavy atom. The van der Waals surface area contributed by atoms with Crippen LogP contribution >= 0.6 is 11.6 Å². The van der Waals surface area contributed by atoms with Crippen LogP contribution in [0.4, 0.5) is 11.5 Å². The summed E-state index contributed by atoms with van der Waals surface area (Å²) in [5, 5.41) is 14.4. The monoisotopic (exact) mass is 386 g/mol. The van der Waals surface area contributed by atoms with E-state index in [0.29, 0.717) is 5.69 Å². The highest BCUT2D eigenvalue weighted by atomic mass is 35.5. The third-order valence-electron chi connectivity index (χ3n) is 5.01. The first-order valence-corrected chi connectivity index (χ1v) is 9.17. The summed E-state index contributed by atoms with van der Waals surface area (Å²) in [5.74, 6) is 0.135. The second-order valence-electron chi connectivity index (χ2n) is 7.46.